The Labute approximate surface area is 127 Å². The van der Waals surface area contributed by atoms with Crippen LogP contribution in [0.4, 0.5) is 4.79 Å². The third-order valence-corrected chi connectivity index (χ3v) is 3.34. The molecule has 1 N–H and O–H groups in total. The Balaban J connectivity index is 1.93. The molecule has 1 aliphatic heterocycles. The van der Waals surface area contributed by atoms with Gasteiger partial charge in [-0.25, -0.2) is 4.79 Å². The van der Waals surface area contributed by atoms with E-state index in [1.807, 2.05) is 20.8 Å². The van der Waals surface area contributed by atoms with Crippen molar-refractivity contribution in [3.8, 4) is 0 Å². The fraction of sp³-hybridized carbons (Fsp3) is 0.571. The van der Waals surface area contributed by atoms with E-state index in [1.165, 1.54) is 0 Å². The van der Waals surface area contributed by atoms with E-state index in [0.717, 1.165) is 0 Å². The minimum Gasteiger partial charge on any atom is -0.444 e. The van der Waals surface area contributed by atoms with E-state index in [1.54, 1.807) is 17.2 Å². The number of pyridine rings is 1. The summed E-state index contributed by atoms with van der Waals surface area (Å²) in [7, 11) is 0. The van der Waals surface area contributed by atoms with Gasteiger partial charge < -0.3 is 9.47 Å². The summed E-state index contributed by atoms with van der Waals surface area (Å²) in [5.41, 5.74) is 1.47. The van der Waals surface area contributed by atoms with Crippen LogP contribution in [0.25, 0.3) is 11.0 Å². The second-order valence-electron chi connectivity index (χ2n) is 6.15. The zero-order chi connectivity index (χ0) is 15.7. The molecule has 0 saturated carbocycles. The molecule has 2 aromatic rings. The van der Waals surface area contributed by atoms with E-state index >= 15 is 0 Å². The van der Waals surface area contributed by atoms with Crippen molar-refractivity contribution in [3.05, 3.63) is 18.0 Å². The summed E-state index contributed by atoms with van der Waals surface area (Å²) in [6, 6.07) is 1.43. The molecule has 0 radical (unpaired) electrons. The summed E-state index contributed by atoms with van der Waals surface area (Å²) < 4.78 is 11.0. The summed E-state index contributed by atoms with van der Waals surface area (Å²) in [5.74, 6) is 0. The molecule has 1 unspecified atom stereocenters. The highest BCUT2D eigenvalue weighted by Crippen LogP contribution is 2.28. The number of H-pyrrole nitrogens is 1. The van der Waals surface area contributed by atoms with Gasteiger partial charge in [0.2, 0.25) is 0 Å². The lowest BCUT2D eigenvalue weighted by Gasteiger charge is -2.36. The molecule has 2 aromatic heterocycles. The fourth-order valence-corrected chi connectivity index (χ4v) is 2.41. The van der Waals surface area contributed by atoms with Crippen LogP contribution >= 0.6 is 0 Å². The van der Waals surface area contributed by atoms with E-state index in [4.69, 9.17) is 9.47 Å². The van der Waals surface area contributed by atoms with Crippen molar-refractivity contribution < 1.29 is 14.3 Å². The van der Waals surface area contributed by atoms with Crippen LogP contribution in [0.15, 0.2) is 12.3 Å². The molecule has 8 nitrogen and oxygen atoms in total. The van der Waals surface area contributed by atoms with E-state index in [9.17, 15) is 4.79 Å². The number of carbonyl (C=O) groups is 1. The number of hydrogen-bond donors (Lipinski definition) is 1. The first-order valence-electron chi connectivity index (χ1n) is 7.18. The lowest BCUT2D eigenvalue weighted by Crippen LogP contribution is -2.46. The van der Waals surface area contributed by atoms with Crippen LogP contribution < -0.4 is 0 Å². The minimum absolute atomic E-state index is 0.336. The van der Waals surface area contributed by atoms with Crippen molar-refractivity contribution in [1.29, 1.82) is 0 Å². The number of nitrogens with one attached hydrogen (secondary N) is 1. The molecule has 0 aliphatic carbocycles. The first-order chi connectivity index (χ1) is 10.5. The van der Waals surface area contributed by atoms with Gasteiger partial charge in [0.05, 0.1) is 18.9 Å². The Morgan fingerprint density at radius 3 is 3.05 bits per heavy atom. The second-order valence-corrected chi connectivity index (χ2v) is 6.15. The summed E-state index contributed by atoms with van der Waals surface area (Å²) in [6.07, 6.45) is 1.28. The number of carbonyl (C=O) groups excluding carboxylic acids is 1. The van der Waals surface area contributed by atoms with Crippen molar-refractivity contribution in [2.24, 2.45) is 0 Å². The van der Waals surface area contributed by atoms with Crippen molar-refractivity contribution in [2.45, 2.75) is 32.4 Å². The Bertz CT molecular complexity index is 678. The molecule has 8 heteroatoms. The Morgan fingerprint density at radius 1 is 1.45 bits per heavy atom. The lowest BCUT2D eigenvalue weighted by molar-refractivity contribution is -0.0337. The maximum atomic E-state index is 12.4. The number of rotatable bonds is 1. The molecule has 3 heterocycles. The summed E-state index contributed by atoms with van der Waals surface area (Å²) >= 11 is 0. The first-order valence-corrected chi connectivity index (χ1v) is 7.18. The maximum Gasteiger partial charge on any atom is 0.411 e. The Morgan fingerprint density at radius 2 is 2.27 bits per heavy atom. The largest absolute Gasteiger partial charge is 0.444 e. The van der Waals surface area contributed by atoms with Crippen molar-refractivity contribution in [2.75, 3.05) is 19.8 Å². The third kappa shape index (κ3) is 2.87. The number of nitrogens with zero attached hydrogens (tertiary/aromatic N) is 4. The van der Waals surface area contributed by atoms with Crippen LogP contribution in [0.1, 0.15) is 32.5 Å². The van der Waals surface area contributed by atoms with Crippen LogP contribution in [-0.4, -0.2) is 56.7 Å². The van der Waals surface area contributed by atoms with E-state index < -0.39 is 5.60 Å². The third-order valence-electron chi connectivity index (χ3n) is 3.34. The van der Waals surface area contributed by atoms with Crippen LogP contribution in [0.3, 0.4) is 0 Å². The molecule has 0 aromatic carbocycles. The highest BCUT2D eigenvalue weighted by atomic mass is 16.6. The molecule has 3 rings (SSSR count). The van der Waals surface area contributed by atoms with Crippen LogP contribution in [-0.2, 0) is 9.47 Å². The number of ether oxygens (including phenoxy) is 2. The molecule has 1 saturated heterocycles. The van der Waals surface area contributed by atoms with Gasteiger partial charge in [0.25, 0.3) is 0 Å². The SMILES string of the molecule is CC(C)(C)OC(=O)N1CCOCC1c1nccc2n[nH]nc12. The lowest BCUT2D eigenvalue weighted by atomic mass is 10.1. The Kier molecular flexibility index (Phi) is 3.69. The molecule has 0 spiro atoms. The van der Waals surface area contributed by atoms with Gasteiger partial charge in [-0.3, -0.25) is 9.88 Å². The van der Waals surface area contributed by atoms with Crippen LogP contribution in [0, 0.1) is 0 Å². The predicted octanol–water partition coefficient (Wildman–Crippen LogP) is 1.66. The number of aromatic amines is 1. The molecular formula is C14H19N5O3. The van der Waals surface area contributed by atoms with E-state index in [2.05, 4.69) is 20.4 Å². The van der Waals surface area contributed by atoms with Crippen molar-refractivity contribution >= 4 is 17.1 Å². The predicted molar refractivity (Wildman–Crippen MR) is 78.2 cm³/mol. The number of hydrogen-bond acceptors (Lipinski definition) is 6. The normalized spacial score (nSPS) is 19.4. The molecule has 22 heavy (non-hydrogen) atoms. The molecule has 1 fully saturated rings. The zero-order valence-corrected chi connectivity index (χ0v) is 12.9. The molecule has 0 bridgehead atoms. The minimum atomic E-state index is -0.548. The van der Waals surface area contributed by atoms with Gasteiger partial charge in [-0.05, 0) is 26.8 Å². The topological polar surface area (TPSA) is 93.2 Å². The number of fused-ring (bicyclic) bond motifs is 1. The fourth-order valence-electron chi connectivity index (χ4n) is 2.41. The van der Waals surface area contributed by atoms with Crippen molar-refractivity contribution in [1.82, 2.24) is 25.3 Å². The average molecular weight is 305 g/mol. The van der Waals surface area contributed by atoms with E-state index in [0.29, 0.717) is 36.5 Å². The molecule has 1 amide bonds. The smallest absolute Gasteiger partial charge is 0.411 e. The quantitative estimate of drug-likeness (QED) is 0.861. The van der Waals surface area contributed by atoms with Gasteiger partial charge in [0.15, 0.2) is 0 Å². The maximum absolute atomic E-state index is 12.4. The number of morpholine rings is 1. The summed E-state index contributed by atoms with van der Waals surface area (Å²) in [6.45, 7) is 6.82. The number of aromatic nitrogens is 4. The molecular weight excluding hydrogens is 286 g/mol. The standard InChI is InChI=1S/C14H19N5O3/c1-14(2,3)22-13(20)19-6-7-21-8-10(19)12-11-9(4-5-15-12)16-18-17-11/h4-5,10H,6-8H2,1-3H3,(H,16,17,18). The molecule has 1 aliphatic rings. The molecule has 1 atom stereocenters. The monoisotopic (exact) mass is 305 g/mol. The van der Waals surface area contributed by atoms with E-state index in [-0.39, 0.29) is 12.1 Å². The molecule has 118 valence electrons. The zero-order valence-electron chi connectivity index (χ0n) is 12.9. The highest BCUT2D eigenvalue weighted by Gasteiger charge is 2.34. The van der Waals surface area contributed by atoms with Gasteiger partial charge in [-0.15, -0.1) is 0 Å². The van der Waals surface area contributed by atoms with Gasteiger partial charge in [0.1, 0.15) is 22.7 Å². The average Bonchev–Trinajstić information content (AvgIpc) is 2.93. The highest BCUT2D eigenvalue weighted by molar-refractivity contribution is 5.77. The van der Waals surface area contributed by atoms with Gasteiger partial charge in [-0.2, -0.15) is 15.4 Å². The first kappa shape index (κ1) is 14.7. The van der Waals surface area contributed by atoms with Crippen LogP contribution in [0.2, 0.25) is 0 Å². The Hall–Kier alpha value is -2.22. The van der Waals surface area contributed by atoms with Crippen LogP contribution in [0.5, 0.6) is 0 Å². The second kappa shape index (κ2) is 5.53. The van der Waals surface area contributed by atoms with Gasteiger partial charge in [-0.1, -0.05) is 0 Å². The number of amides is 1. The van der Waals surface area contributed by atoms with Gasteiger partial charge >= 0.3 is 6.09 Å². The summed E-state index contributed by atoms with van der Waals surface area (Å²) in [5, 5.41) is 10.8. The summed E-state index contributed by atoms with van der Waals surface area (Å²) in [4.78, 5) is 18.5. The van der Waals surface area contributed by atoms with Crippen molar-refractivity contribution in [3.63, 3.8) is 0 Å². The van der Waals surface area contributed by atoms with Gasteiger partial charge in [0, 0.05) is 12.7 Å².